The second-order valence-corrected chi connectivity index (χ2v) is 4.26. The highest BCUT2D eigenvalue weighted by atomic mass is 16.3. The molecule has 4 heteroatoms. The third kappa shape index (κ3) is 1.50. The Morgan fingerprint density at radius 1 is 1.11 bits per heavy atom. The molecule has 0 radical (unpaired) electrons. The number of hydrogen-bond acceptors (Lipinski definition) is 3. The smallest absolute Gasteiger partial charge is 0.115 e. The Bertz CT molecular complexity index is 714. The molecule has 3 aromatic rings. The van der Waals surface area contributed by atoms with Gasteiger partial charge in [0.1, 0.15) is 11.4 Å². The zero-order chi connectivity index (χ0) is 12.7. The summed E-state index contributed by atoms with van der Waals surface area (Å²) in [4.78, 5) is 0. The van der Waals surface area contributed by atoms with E-state index in [2.05, 4.69) is 5.10 Å². The molecule has 18 heavy (non-hydrogen) atoms. The second-order valence-electron chi connectivity index (χ2n) is 4.26. The van der Waals surface area contributed by atoms with E-state index < -0.39 is 0 Å². The molecular formula is C14H13N3O. The average Bonchev–Trinajstić information content (AvgIpc) is 2.70. The first-order valence-electron chi connectivity index (χ1n) is 5.67. The number of benzene rings is 2. The molecule has 0 spiro atoms. The lowest BCUT2D eigenvalue weighted by molar-refractivity contribution is 0.475. The summed E-state index contributed by atoms with van der Waals surface area (Å²) in [6, 6.07) is 12.7. The van der Waals surface area contributed by atoms with E-state index in [1.54, 1.807) is 12.1 Å². The van der Waals surface area contributed by atoms with Gasteiger partial charge in [0.25, 0.3) is 0 Å². The van der Waals surface area contributed by atoms with E-state index in [9.17, 15) is 5.11 Å². The van der Waals surface area contributed by atoms with E-state index in [1.807, 2.05) is 42.1 Å². The van der Waals surface area contributed by atoms with Gasteiger partial charge in [-0.1, -0.05) is 6.07 Å². The summed E-state index contributed by atoms with van der Waals surface area (Å²) in [5, 5.41) is 14.8. The van der Waals surface area contributed by atoms with Crippen molar-refractivity contribution < 1.29 is 5.11 Å². The van der Waals surface area contributed by atoms with E-state index in [4.69, 9.17) is 5.73 Å². The number of phenols is 1. The van der Waals surface area contributed by atoms with Crippen LogP contribution < -0.4 is 5.73 Å². The first-order chi connectivity index (χ1) is 8.66. The molecule has 0 fully saturated rings. The fraction of sp³-hybridized carbons (Fsp3) is 0.0714. The number of rotatable bonds is 1. The molecule has 2 aromatic carbocycles. The topological polar surface area (TPSA) is 64.1 Å². The van der Waals surface area contributed by atoms with Gasteiger partial charge in [0, 0.05) is 18.3 Å². The molecule has 0 aliphatic rings. The van der Waals surface area contributed by atoms with Gasteiger partial charge in [0.2, 0.25) is 0 Å². The predicted octanol–water partition coefficient (Wildman–Crippen LogP) is 2.53. The lowest BCUT2D eigenvalue weighted by Crippen LogP contribution is -1.89. The number of anilines is 1. The van der Waals surface area contributed by atoms with E-state index in [0.717, 1.165) is 22.2 Å². The summed E-state index contributed by atoms with van der Waals surface area (Å²) < 4.78 is 1.81. The number of hydrogen-bond donors (Lipinski definition) is 2. The standard InChI is InChI=1S/C14H13N3O/c1-17-12-4-2-3-11(15)13(12)14(16-17)9-5-7-10(18)8-6-9/h2-8,18H,15H2,1H3. The lowest BCUT2D eigenvalue weighted by Gasteiger charge is -2.00. The fourth-order valence-electron chi connectivity index (χ4n) is 2.16. The highest BCUT2D eigenvalue weighted by molar-refractivity contribution is 6.01. The van der Waals surface area contributed by atoms with Crippen molar-refractivity contribution in [2.75, 3.05) is 5.73 Å². The molecule has 0 aliphatic heterocycles. The summed E-state index contributed by atoms with van der Waals surface area (Å²) in [6.45, 7) is 0. The van der Waals surface area contributed by atoms with Gasteiger partial charge in [-0.25, -0.2) is 0 Å². The summed E-state index contributed by atoms with van der Waals surface area (Å²) in [7, 11) is 1.89. The summed E-state index contributed by atoms with van der Waals surface area (Å²) in [5.41, 5.74) is 9.52. The van der Waals surface area contributed by atoms with Crippen LogP contribution in [0.2, 0.25) is 0 Å². The molecule has 0 amide bonds. The monoisotopic (exact) mass is 239 g/mol. The quantitative estimate of drug-likeness (QED) is 0.641. The van der Waals surface area contributed by atoms with Crippen molar-refractivity contribution in [1.29, 1.82) is 0 Å². The maximum absolute atomic E-state index is 9.33. The van der Waals surface area contributed by atoms with Crippen LogP contribution in [-0.4, -0.2) is 14.9 Å². The highest BCUT2D eigenvalue weighted by Gasteiger charge is 2.12. The Balaban J connectivity index is 2.32. The van der Waals surface area contributed by atoms with Gasteiger partial charge in [-0.2, -0.15) is 5.10 Å². The van der Waals surface area contributed by atoms with Crippen LogP contribution >= 0.6 is 0 Å². The Morgan fingerprint density at radius 3 is 2.56 bits per heavy atom. The number of phenolic OH excluding ortho intramolecular Hbond substituents is 1. The third-order valence-corrected chi connectivity index (χ3v) is 3.05. The first kappa shape index (κ1) is 10.7. The van der Waals surface area contributed by atoms with Crippen LogP contribution in [0.25, 0.3) is 22.2 Å². The van der Waals surface area contributed by atoms with Crippen LogP contribution in [0.3, 0.4) is 0 Å². The van der Waals surface area contributed by atoms with Gasteiger partial charge in [0.05, 0.1) is 10.9 Å². The summed E-state index contributed by atoms with van der Waals surface area (Å²) >= 11 is 0. The van der Waals surface area contributed by atoms with E-state index in [1.165, 1.54) is 0 Å². The maximum atomic E-state index is 9.33. The SMILES string of the molecule is Cn1nc(-c2ccc(O)cc2)c2c(N)cccc21. The lowest BCUT2D eigenvalue weighted by atomic mass is 10.1. The van der Waals surface area contributed by atoms with Gasteiger partial charge in [-0.3, -0.25) is 4.68 Å². The molecule has 1 aromatic heterocycles. The average molecular weight is 239 g/mol. The third-order valence-electron chi connectivity index (χ3n) is 3.05. The van der Waals surface area contributed by atoms with E-state index >= 15 is 0 Å². The zero-order valence-electron chi connectivity index (χ0n) is 9.96. The highest BCUT2D eigenvalue weighted by Crippen LogP contribution is 2.32. The molecule has 90 valence electrons. The maximum Gasteiger partial charge on any atom is 0.115 e. The van der Waals surface area contributed by atoms with E-state index in [0.29, 0.717) is 5.69 Å². The number of nitrogen functional groups attached to an aromatic ring is 1. The van der Waals surface area contributed by atoms with Crippen molar-refractivity contribution in [3.8, 4) is 17.0 Å². The van der Waals surface area contributed by atoms with Crippen LogP contribution in [0.5, 0.6) is 5.75 Å². The molecule has 4 nitrogen and oxygen atoms in total. The van der Waals surface area contributed by atoms with Crippen LogP contribution in [-0.2, 0) is 7.05 Å². The van der Waals surface area contributed by atoms with Gasteiger partial charge < -0.3 is 10.8 Å². The number of fused-ring (bicyclic) bond motifs is 1. The van der Waals surface area contributed by atoms with Crippen molar-refractivity contribution in [1.82, 2.24) is 9.78 Å². The number of aromatic nitrogens is 2. The van der Waals surface area contributed by atoms with E-state index in [-0.39, 0.29) is 5.75 Å². The van der Waals surface area contributed by atoms with Crippen molar-refractivity contribution in [3.05, 3.63) is 42.5 Å². The van der Waals surface area contributed by atoms with Gasteiger partial charge in [-0.05, 0) is 36.4 Å². The Hall–Kier alpha value is -2.49. The Labute approximate surface area is 104 Å². The molecule has 0 aliphatic carbocycles. The van der Waals surface area contributed by atoms with Crippen LogP contribution in [0.4, 0.5) is 5.69 Å². The number of nitrogens with two attached hydrogens (primary N) is 1. The van der Waals surface area contributed by atoms with Crippen molar-refractivity contribution >= 4 is 16.6 Å². The van der Waals surface area contributed by atoms with Crippen LogP contribution in [0.15, 0.2) is 42.5 Å². The first-order valence-corrected chi connectivity index (χ1v) is 5.67. The normalized spacial score (nSPS) is 10.9. The molecule has 0 saturated heterocycles. The minimum Gasteiger partial charge on any atom is -0.508 e. The minimum atomic E-state index is 0.243. The zero-order valence-corrected chi connectivity index (χ0v) is 9.96. The molecule has 0 bridgehead atoms. The number of nitrogens with zero attached hydrogens (tertiary/aromatic N) is 2. The molecule has 0 unspecified atom stereocenters. The Kier molecular flexibility index (Phi) is 2.23. The number of aromatic hydroxyl groups is 1. The predicted molar refractivity (Wildman–Crippen MR) is 72.2 cm³/mol. The van der Waals surface area contributed by atoms with Crippen molar-refractivity contribution in [3.63, 3.8) is 0 Å². The second kappa shape index (κ2) is 3.77. The van der Waals surface area contributed by atoms with Gasteiger partial charge >= 0.3 is 0 Å². The molecule has 0 saturated carbocycles. The van der Waals surface area contributed by atoms with Crippen LogP contribution in [0.1, 0.15) is 0 Å². The largest absolute Gasteiger partial charge is 0.508 e. The molecule has 1 heterocycles. The minimum absolute atomic E-state index is 0.243. The number of aryl methyl sites for hydroxylation is 1. The summed E-state index contributed by atoms with van der Waals surface area (Å²) in [6.07, 6.45) is 0. The van der Waals surface area contributed by atoms with Crippen molar-refractivity contribution in [2.24, 2.45) is 7.05 Å². The molecule has 3 N–H and O–H groups in total. The summed E-state index contributed by atoms with van der Waals surface area (Å²) in [5.74, 6) is 0.243. The van der Waals surface area contributed by atoms with Gasteiger partial charge in [-0.15, -0.1) is 0 Å². The molecule has 0 atom stereocenters. The molecular weight excluding hydrogens is 226 g/mol. The van der Waals surface area contributed by atoms with Crippen molar-refractivity contribution in [2.45, 2.75) is 0 Å². The van der Waals surface area contributed by atoms with Gasteiger partial charge in [0.15, 0.2) is 0 Å². The Morgan fingerprint density at radius 2 is 1.83 bits per heavy atom. The molecule has 3 rings (SSSR count). The van der Waals surface area contributed by atoms with Crippen LogP contribution in [0, 0.1) is 0 Å². The fourth-order valence-corrected chi connectivity index (χ4v) is 2.16.